The van der Waals surface area contributed by atoms with Crippen LogP contribution >= 0.6 is 11.3 Å². The topological polar surface area (TPSA) is 71.5 Å². The van der Waals surface area contributed by atoms with Gasteiger partial charge in [-0.1, -0.05) is 0 Å². The van der Waals surface area contributed by atoms with Gasteiger partial charge in [0.25, 0.3) is 0 Å². The predicted octanol–water partition coefficient (Wildman–Crippen LogP) is 2.32. The number of hydrogen-bond acceptors (Lipinski definition) is 6. The van der Waals surface area contributed by atoms with Crippen molar-refractivity contribution in [3.05, 3.63) is 45.8 Å². The number of nitrogens with one attached hydrogen (secondary N) is 1. The van der Waals surface area contributed by atoms with Crippen LogP contribution in [0.25, 0.3) is 0 Å². The number of fused-ring (bicyclic) bond motifs is 1. The summed E-state index contributed by atoms with van der Waals surface area (Å²) in [6, 6.07) is 5.38. The minimum absolute atomic E-state index is 0.00712. The summed E-state index contributed by atoms with van der Waals surface area (Å²) in [6.45, 7) is 3.51. The second-order valence-corrected chi connectivity index (χ2v) is 6.41. The smallest absolute Gasteiger partial charge is 0.341 e. The minimum Gasteiger partial charge on any atom is -0.462 e. The molecular weight excluding hydrogens is 326 g/mol. The van der Waals surface area contributed by atoms with Gasteiger partial charge in [0.15, 0.2) is 0 Å². The van der Waals surface area contributed by atoms with Crippen LogP contribution in [0.1, 0.15) is 27.7 Å². The lowest BCUT2D eigenvalue weighted by Crippen LogP contribution is -2.39. The third-order valence-corrected chi connectivity index (χ3v) is 4.89. The van der Waals surface area contributed by atoms with Gasteiger partial charge in [-0.3, -0.25) is 4.79 Å². The molecule has 0 fully saturated rings. The Kier molecular flexibility index (Phi) is 5.10. The first kappa shape index (κ1) is 16.4. The van der Waals surface area contributed by atoms with Crippen molar-refractivity contribution >= 4 is 29.0 Å². The highest BCUT2D eigenvalue weighted by Crippen LogP contribution is 2.24. The second-order valence-electron chi connectivity index (χ2n) is 5.41. The van der Waals surface area contributed by atoms with E-state index < -0.39 is 5.97 Å². The highest BCUT2D eigenvalue weighted by atomic mass is 32.1. The van der Waals surface area contributed by atoms with E-state index in [0.717, 1.165) is 13.0 Å². The first-order valence-electron chi connectivity index (χ1n) is 7.88. The largest absolute Gasteiger partial charge is 0.462 e. The Bertz CT molecular complexity index is 744. The summed E-state index contributed by atoms with van der Waals surface area (Å²) in [5.74, 6) is -0.0775. The molecule has 0 bridgehead atoms. The Labute approximate surface area is 144 Å². The van der Waals surface area contributed by atoms with E-state index in [1.165, 1.54) is 10.4 Å². The molecule has 0 atom stereocenters. The van der Waals surface area contributed by atoms with Gasteiger partial charge < -0.3 is 15.0 Å². The Morgan fingerprint density at radius 3 is 3.12 bits per heavy atom. The maximum Gasteiger partial charge on any atom is 0.341 e. The van der Waals surface area contributed by atoms with Crippen molar-refractivity contribution in [2.24, 2.45) is 0 Å². The van der Waals surface area contributed by atoms with E-state index in [-0.39, 0.29) is 12.5 Å². The average molecular weight is 345 g/mol. The average Bonchev–Trinajstić information content (AvgIpc) is 3.07. The van der Waals surface area contributed by atoms with Crippen molar-refractivity contribution in [3.63, 3.8) is 0 Å². The standard InChI is InChI=1S/C17H19N3O3S/c1-2-23-17(22)13-4-3-7-18-16(13)19-10-15(21)20-8-5-14-12(11-20)6-9-24-14/h3-4,6-7,9H,2,5,8,10-11H2,1H3,(H,18,19). The fourth-order valence-electron chi connectivity index (χ4n) is 2.65. The number of carbonyl (C=O) groups is 2. The summed E-state index contributed by atoms with van der Waals surface area (Å²) < 4.78 is 5.01. The van der Waals surface area contributed by atoms with E-state index in [2.05, 4.69) is 21.7 Å². The first-order valence-corrected chi connectivity index (χ1v) is 8.76. The van der Waals surface area contributed by atoms with Gasteiger partial charge in [0.2, 0.25) is 5.91 Å². The van der Waals surface area contributed by atoms with Crippen molar-refractivity contribution < 1.29 is 14.3 Å². The predicted molar refractivity (Wildman–Crippen MR) is 92.1 cm³/mol. The van der Waals surface area contributed by atoms with Crippen LogP contribution in [0.3, 0.4) is 0 Å². The Balaban J connectivity index is 1.62. The van der Waals surface area contributed by atoms with Gasteiger partial charge in [0, 0.05) is 24.2 Å². The molecule has 3 rings (SSSR count). The highest BCUT2D eigenvalue weighted by molar-refractivity contribution is 7.10. The summed E-state index contributed by atoms with van der Waals surface area (Å²) in [7, 11) is 0. The molecule has 126 valence electrons. The van der Waals surface area contributed by atoms with E-state index in [9.17, 15) is 9.59 Å². The third kappa shape index (κ3) is 3.56. The molecule has 0 spiro atoms. The van der Waals surface area contributed by atoms with E-state index in [4.69, 9.17) is 4.74 Å². The van der Waals surface area contributed by atoms with E-state index in [1.54, 1.807) is 36.6 Å². The van der Waals surface area contributed by atoms with Crippen molar-refractivity contribution in [3.8, 4) is 0 Å². The molecule has 0 radical (unpaired) electrons. The molecule has 6 nitrogen and oxygen atoms in total. The number of carbonyl (C=O) groups excluding carboxylic acids is 2. The van der Waals surface area contributed by atoms with Crippen LogP contribution in [-0.2, 0) is 22.5 Å². The molecule has 1 aliphatic rings. The molecule has 0 aromatic carbocycles. The number of pyridine rings is 1. The number of aromatic nitrogens is 1. The van der Waals surface area contributed by atoms with Crippen LogP contribution in [-0.4, -0.2) is 41.5 Å². The lowest BCUT2D eigenvalue weighted by atomic mass is 10.1. The molecule has 24 heavy (non-hydrogen) atoms. The normalized spacial score (nSPS) is 13.3. The third-order valence-electron chi connectivity index (χ3n) is 3.87. The molecule has 1 aliphatic heterocycles. The van der Waals surface area contributed by atoms with Crippen molar-refractivity contribution in [1.82, 2.24) is 9.88 Å². The summed E-state index contributed by atoms with van der Waals surface area (Å²) >= 11 is 1.74. The Morgan fingerprint density at radius 1 is 1.42 bits per heavy atom. The van der Waals surface area contributed by atoms with E-state index in [1.807, 2.05) is 4.90 Å². The van der Waals surface area contributed by atoms with Crippen LogP contribution in [0, 0.1) is 0 Å². The van der Waals surface area contributed by atoms with Crippen LogP contribution in [0.15, 0.2) is 29.8 Å². The molecular formula is C17H19N3O3S. The molecule has 0 unspecified atom stereocenters. The van der Waals surface area contributed by atoms with Gasteiger partial charge in [-0.25, -0.2) is 9.78 Å². The van der Waals surface area contributed by atoms with E-state index in [0.29, 0.717) is 24.5 Å². The molecule has 1 N–H and O–H groups in total. The zero-order valence-electron chi connectivity index (χ0n) is 13.4. The maximum absolute atomic E-state index is 12.4. The minimum atomic E-state index is -0.443. The molecule has 1 amide bonds. The fraction of sp³-hybridized carbons (Fsp3) is 0.353. The van der Waals surface area contributed by atoms with E-state index >= 15 is 0 Å². The number of ether oxygens (including phenoxy) is 1. The second kappa shape index (κ2) is 7.44. The molecule has 2 aromatic heterocycles. The van der Waals surface area contributed by atoms with Crippen LogP contribution < -0.4 is 5.32 Å². The van der Waals surface area contributed by atoms with Gasteiger partial charge in [-0.05, 0) is 42.5 Å². The summed E-state index contributed by atoms with van der Waals surface area (Å²) in [4.78, 5) is 31.7. The van der Waals surface area contributed by atoms with Crippen molar-refractivity contribution in [2.45, 2.75) is 19.9 Å². The summed E-state index contributed by atoms with van der Waals surface area (Å²) in [5.41, 5.74) is 1.57. The van der Waals surface area contributed by atoms with Crippen molar-refractivity contribution in [1.29, 1.82) is 0 Å². The zero-order chi connectivity index (χ0) is 16.9. The summed E-state index contributed by atoms with van der Waals surface area (Å²) in [6.07, 6.45) is 2.48. The number of thiophene rings is 1. The van der Waals surface area contributed by atoms with Gasteiger partial charge in [0.05, 0.1) is 13.2 Å². The molecule has 0 saturated heterocycles. The number of esters is 1. The van der Waals surface area contributed by atoms with Crippen LogP contribution in [0.4, 0.5) is 5.82 Å². The lowest BCUT2D eigenvalue weighted by molar-refractivity contribution is -0.130. The van der Waals surface area contributed by atoms with Gasteiger partial charge >= 0.3 is 5.97 Å². The number of nitrogens with zero attached hydrogens (tertiary/aromatic N) is 2. The van der Waals surface area contributed by atoms with Crippen LogP contribution in [0.5, 0.6) is 0 Å². The quantitative estimate of drug-likeness (QED) is 0.842. The molecule has 0 saturated carbocycles. The number of amides is 1. The molecule has 7 heteroatoms. The van der Waals surface area contributed by atoms with Crippen LogP contribution in [0.2, 0.25) is 0 Å². The molecule has 0 aliphatic carbocycles. The number of rotatable bonds is 5. The Hall–Kier alpha value is -2.41. The molecule has 2 aromatic rings. The van der Waals surface area contributed by atoms with Gasteiger partial charge in [-0.2, -0.15) is 0 Å². The van der Waals surface area contributed by atoms with Gasteiger partial charge in [-0.15, -0.1) is 11.3 Å². The van der Waals surface area contributed by atoms with Crippen molar-refractivity contribution in [2.75, 3.05) is 25.0 Å². The molecule has 3 heterocycles. The highest BCUT2D eigenvalue weighted by Gasteiger charge is 2.22. The van der Waals surface area contributed by atoms with Gasteiger partial charge in [0.1, 0.15) is 11.4 Å². The first-order chi connectivity index (χ1) is 11.7. The number of hydrogen-bond donors (Lipinski definition) is 1. The SMILES string of the molecule is CCOC(=O)c1cccnc1NCC(=O)N1CCc2sccc2C1. The Morgan fingerprint density at radius 2 is 2.29 bits per heavy atom. The zero-order valence-corrected chi connectivity index (χ0v) is 14.3. The number of anilines is 1. The fourth-order valence-corrected chi connectivity index (χ4v) is 3.54. The maximum atomic E-state index is 12.4. The summed E-state index contributed by atoms with van der Waals surface area (Å²) in [5, 5.41) is 5.03. The lowest BCUT2D eigenvalue weighted by Gasteiger charge is -2.27. The monoisotopic (exact) mass is 345 g/mol.